The third-order valence-electron chi connectivity index (χ3n) is 15.6. The molecular formula is C50H84N6O10. The fourth-order valence-electron chi connectivity index (χ4n) is 12.4. The van der Waals surface area contributed by atoms with Crippen LogP contribution in [-0.4, -0.2) is 149 Å². The fourth-order valence-corrected chi connectivity index (χ4v) is 12.4. The number of nitrogens with one attached hydrogen (secondary N) is 4. The van der Waals surface area contributed by atoms with Crippen LogP contribution in [0, 0.1) is 47.3 Å². The minimum atomic E-state index is -0.0551. The molecule has 0 aromatic carbocycles. The van der Waals surface area contributed by atoms with Crippen molar-refractivity contribution in [2.45, 2.75) is 142 Å². The molecule has 4 saturated carbocycles. The summed E-state index contributed by atoms with van der Waals surface area (Å²) in [6.07, 6.45) is 15.3. The molecule has 0 bridgehead atoms. The van der Waals surface area contributed by atoms with E-state index < -0.39 is 0 Å². The predicted octanol–water partition coefficient (Wildman–Crippen LogP) is 3.98. The zero-order valence-corrected chi connectivity index (χ0v) is 40.4. The SMILES string of the molecule is CCCCN1C(=O)C2CCCC3C(NCCOCCOCCNC(=O)CCCCC(=O)NCCOCCOCCNC4CCC5C(=O)N(CCCC)C(=O)C6CCCC4C65)CCC(C1=O)C23. The molecule has 0 radical (unpaired) electrons. The zero-order chi connectivity index (χ0) is 46.7. The number of rotatable bonds is 31. The average molecular weight is 929 g/mol. The van der Waals surface area contributed by atoms with E-state index in [1.807, 2.05) is 0 Å². The lowest BCUT2D eigenvalue weighted by atomic mass is 9.57. The molecule has 0 aromatic heterocycles. The van der Waals surface area contributed by atoms with Gasteiger partial charge in [-0.1, -0.05) is 39.5 Å². The second-order valence-electron chi connectivity index (χ2n) is 19.8. The van der Waals surface area contributed by atoms with Crippen molar-refractivity contribution in [3.63, 3.8) is 0 Å². The lowest BCUT2D eigenvalue weighted by molar-refractivity contribution is -0.169. The van der Waals surface area contributed by atoms with Crippen molar-refractivity contribution in [3.8, 4) is 0 Å². The molecule has 6 fully saturated rings. The van der Waals surface area contributed by atoms with E-state index in [4.69, 9.17) is 18.9 Å². The molecule has 4 N–H and O–H groups in total. The van der Waals surface area contributed by atoms with Gasteiger partial charge in [-0.25, -0.2) is 0 Å². The monoisotopic (exact) mass is 929 g/mol. The third kappa shape index (κ3) is 14.3. The number of ether oxygens (including phenoxy) is 4. The minimum Gasteiger partial charge on any atom is -0.378 e. The molecule has 2 saturated heterocycles. The number of carbonyl (C=O) groups excluding carboxylic acids is 6. The fraction of sp³-hybridized carbons (Fsp3) is 0.880. The standard InChI is InChI=1S/C50H84N6O10/c1-3-5-25-55-47(59)37-13-9-11-35-41(19-17-39(45(35)37)49(55)61)51-21-27-63-31-33-65-29-23-53-43(57)15-7-8-16-44(58)54-24-30-66-34-32-64-28-22-52-42-20-18-40-46-36(42)12-10-14-38(46)48(60)56(50(40)62)26-6-4-2/h35-42,45-46,51-52H,3-34H2,1-2H3,(H,53,57)(H,54,58). The molecule has 4 aliphatic carbocycles. The number of unbranched alkanes of at least 4 members (excludes halogenated alkanes) is 3. The van der Waals surface area contributed by atoms with E-state index in [2.05, 4.69) is 35.1 Å². The van der Waals surface area contributed by atoms with Crippen LogP contribution >= 0.6 is 0 Å². The Balaban J connectivity index is 0.687. The number of carbonyl (C=O) groups is 6. The van der Waals surface area contributed by atoms with E-state index in [0.29, 0.717) is 129 Å². The lowest BCUT2D eigenvalue weighted by Gasteiger charge is -2.53. The molecule has 10 unspecified atom stereocenters. The highest BCUT2D eigenvalue weighted by atomic mass is 16.5. The van der Waals surface area contributed by atoms with Gasteiger partial charge in [-0.15, -0.1) is 0 Å². The van der Waals surface area contributed by atoms with Gasteiger partial charge in [0.15, 0.2) is 0 Å². The molecule has 6 aliphatic rings. The summed E-state index contributed by atoms with van der Waals surface area (Å²) in [6.45, 7) is 11.3. The largest absolute Gasteiger partial charge is 0.378 e. The summed E-state index contributed by atoms with van der Waals surface area (Å²) >= 11 is 0. The van der Waals surface area contributed by atoms with Crippen molar-refractivity contribution in [1.29, 1.82) is 0 Å². The maximum Gasteiger partial charge on any atom is 0.232 e. The van der Waals surface area contributed by atoms with E-state index in [1.54, 1.807) is 9.80 Å². The van der Waals surface area contributed by atoms with Gasteiger partial charge in [0, 0.05) is 87.9 Å². The smallest absolute Gasteiger partial charge is 0.232 e. The number of nitrogens with zero attached hydrogens (tertiary/aromatic N) is 2. The molecule has 6 rings (SSSR count). The molecule has 0 spiro atoms. The molecule has 66 heavy (non-hydrogen) atoms. The summed E-state index contributed by atoms with van der Waals surface area (Å²) in [5.41, 5.74) is 0. The number of piperidine rings is 2. The van der Waals surface area contributed by atoms with Crippen LogP contribution in [0.5, 0.6) is 0 Å². The van der Waals surface area contributed by atoms with Crippen LogP contribution in [0.3, 0.4) is 0 Å². The van der Waals surface area contributed by atoms with Crippen molar-refractivity contribution in [3.05, 3.63) is 0 Å². The van der Waals surface area contributed by atoms with Gasteiger partial charge in [-0.05, 0) is 101 Å². The molecular weight excluding hydrogens is 845 g/mol. The maximum absolute atomic E-state index is 13.3. The highest BCUT2D eigenvalue weighted by Crippen LogP contribution is 2.52. The lowest BCUT2D eigenvalue weighted by Crippen LogP contribution is -2.61. The van der Waals surface area contributed by atoms with Crippen LogP contribution in [0.15, 0.2) is 0 Å². The van der Waals surface area contributed by atoms with E-state index in [1.165, 1.54) is 0 Å². The molecule has 16 heteroatoms. The minimum absolute atomic E-state index is 0.00556. The van der Waals surface area contributed by atoms with E-state index >= 15 is 0 Å². The van der Waals surface area contributed by atoms with Crippen molar-refractivity contribution in [2.75, 3.05) is 92.1 Å². The maximum atomic E-state index is 13.3. The highest BCUT2D eigenvalue weighted by Gasteiger charge is 2.56. The van der Waals surface area contributed by atoms with E-state index in [0.717, 1.165) is 103 Å². The first-order chi connectivity index (χ1) is 32.2. The van der Waals surface area contributed by atoms with E-state index in [-0.39, 0.29) is 71.0 Å². The third-order valence-corrected chi connectivity index (χ3v) is 15.6. The quantitative estimate of drug-likeness (QED) is 0.0579. The summed E-state index contributed by atoms with van der Waals surface area (Å²) in [4.78, 5) is 80.8. The summed E-state index contributed by atoms with van der Waals surface area (Å²) < 4.78 is 22.8. The topological polar surface area (TPSA) is 194 Å². The van der Waals surface area contributed by atoms with Gasteiger partial charge < -0.3 is 40.2 Å². The molecule has 10 atom stereocenters. The second kappa shape index (κ2) is 27.8. The zero-order valence-electron chi connectivity index (χ0n) is 40.4. The van der Waals surface area contributed by atoms with Gasteiger partial charge in [0.05, 0.1) is 52.9 Å². The number of hydrogen-bond donors (Lipinski definition) is 4. The molecule has 2 aliphatic heterocycles. The average Bonchev–Trinajstić information content (AvgIpc) is 3.32. The second-order valence-corrected chi connectivity index (χ2v) is 19.8. The van der Waals surface area contributed by atoms with Gasteiger partial charge in [-0.3, -0.25) is 38.6 Å². The normalized spacial score (nSPS) is 29.4. The van der Waals surface area contributed by atoms with Crippen molar-refractivity contribution in [2.24, 2.45) is 47.3 Å². The first kappa shape index (κ1) is 52.4. The van der Waals surface area contributed by atoms with Crippen molar-refractivity contribution in [1.82, 2.24) is 31.1 Å². The Morgan fingerprint density at radius 2 is 0.833 bits per heavy atom. The molecule has 0 aromatic rings. The van der Waals surface area contributed by atoms with Gasteiger partial charge >= 0.3 is 0 Å². The number of hydrogen-bond acceptors (Lipinski definition) is 12. The Hall–Kier alpha value is -3.02. The Morgan fingerprint density at radius 3 is 1.21 bits per heavy atom. The Morgan fingerprint density at radius 1 is 0.470 bits per heavy atom. The van der Waals surface area contributed by atoms with Gasteiger partial charge in [0.1, 0.15) is 0 Å². The number of likely N-dealkylation sites (tertiary alicyclic amines) is 2. The predicted molar refractivity (Wildman–Crippen MR) is 249 cm³/mol. The van der Waals surface area contributed by atoms with Crippen LogP contribution in [0.25, 0.3) is 0 Å². The van der Waals surface area contributed by atoms with Crippen LogP contribution in [-0.2, 0) is 47.7 Å². The summed E-state index contributed by atoms with van der Waals surface area (Å²) in [7, 11) is 0. The summed E-state index contributed by atoms with van der Waals surface area (Å²) in [5.74, 6) is 1.24. The van der Waals surface area contributed by atoms with Gasteiger partial charge in [0.25, 0.3) is 0 Å². The number of amides is 6. The Kier molecular flexibility index (Phi) is 22.1. The first-order valence-electron chi connectivity index (χ1n) is 26.3. The van der Waals surface area contributed by atoms with Crippen LogP contribution in [0.1, 0.15) is 129 Å². The van der Waals surface area contributed by atoms with Crippen LogP contribution < -0.4 is 21.3 Å². The van der Waals surface area contributed by atoms with Crippen LogP contribution in [0.4, 0.5) is 0 Å². The van der Waals surface area contributed by atoms with Gasteiger partial charge in [-0.2, -0.15) is 0 Å². The Labute approximate surface area is 394 Å². The Bertz CT molecular complexity index is 1420. The first-order valence-corrected chi connectivity index (χ1v) is 26.3. The molecule has 6 amide bonds. The summed E-state index contributed by atoms with van der Waals surface area (Å²) in [6, 6.07) is 0.626. The number of imide groups is 2. The van der Waals surface area contributed by atoms with Crippen molar-refractivity contribution < 1.29 is 47.7 Å². The van der Waals surface area contributed by atoms with Gasteiger partial charge in [0.2, 0.25) is 35.4 Å². The highest BCUT2D eigenvalue weighted by molar-refractivity contribution is 6.01. The molecule has 374 valence electrons. The molecule has 16 nitrogen and oxygen atoms in total. The summed E-state index contributed by atoms with van der Waals surface area (Å²) in [5, 5.41) is 13.1. The van der Waals surface area contributed by atoms with E-state index in [9.17, 15) is 28.8 Å². The molecule has 2 heterocycles. The van der Waals surface area contributed by atoms with Crippen LogP contribution in [0.2, 0.25) is 0 Å². The van der Waals surface area contributed by atoms with Crippen molar-refractivity contribution >= 4 is 35.4 Å².